The Balaban J connectivity index is 0.00000132. The maximum atomic E-state index is 4.69. The Labute approximate surface area is 133 Å². The average molecular weight is 318 g/mol. The van der Waals surface area contributed by atoms with E-state index < -0.39 is 0 Å². The van der Waals surface area contributed by atoms with Gasteiger partial charge in [-0.3, -0.25) is 0 Å². The van der Waals surface area contributed by atoms with Gasteiger partial charge in [-0.1, -0.05) is 29.5 Å². The molecule has 0 saturated carbocycles. The minimum atomic E-state index is 0. The van der Waals surface area contributed by atoms with E-state index in [1.807, 2.05) is 12.3 Å². The minimum Gasteiger partial charge on any atom is -0.375 e. The highest BCUT2D eigenvalue weighted by atomic mass is 35.5. The predicted molar refractivity (Wildman–Crippen MR) is 93.4 cm³/mol. The van der Waals surface area contributed by atoms with Crippen LogP contribution in [0.2, 0.25) is 0 Å². The van der Waals surface area contributed by atoms with E-state index in [4.69, 9.17) is 0 Å². The van der Waals surface area contributed by atoms with E-state index in [0.717, 1.165) is 18.0 Å². The van der Waals surface area contributed by atoms with E-state index in [9.17, 15) is 0 Å². The second-order valence-electron chi connectivity index (χ2n) is 4.98. The molecule has 0 radical (unpaired) electrons. The Bertz CT molecular complexity index is 764. The first-order valence-electron chi connectivity index (χ1n) is 6.88. The number of aryl methyl sites for hydroxylation is 1. The summed E-state index contributed by atoms with van der Waals surface area (Å²) in [6.07, 6.45) is 8.58. The van der Waals surface area contributed by atoms with Gasteiger partial charge in [-0.05, 0) is 36.6 Å². The fourth-order valence-electron chi connectivity index (χ4n) is 2.60. The van der Waals surface area contributed by atoms with Crippen LogP contribution >= 0.6 is 23.7 Å². The molecule has 0 fully saturated rings. The maximum Gasteiger partial charge on any atom is 0.118 e. The number of hydrogen-bond donors (Lipinski definition) is 2. The lowest BCUT2D eigenvalue weighted by atomic mass is 10.1. The van der Waals surface area contributed by atoms with Gasteiger partial charge in [0.25, 0.3) is 0 Å². The van der Waals surface area contributed by atoms with Crippen LogP contribution in [-0.2, 0) is 6.42 Å². The van der Waals surface area contributed by atoms with Gasteiger partial charge in [0.05, 0.1) is 5.69 Å². The molecule has 1 aliphatic heterocycles. The summed E-state index contributed by atoms with van der Waals surface area (Å²) in [6.45, 7) is 1.07. The fraction of sp³-hybridized carbons (Fsp3) is 0.188. The van der Waals surface area contributed by atoms with Gasteiger partial charge < -0.3 is 10.3 Å². The number of nitrogens with zero attached hydrogens (tertiary/aromatic N) is 1. The molecule has 5 heteroatoms. The highest BCUT2D eigenvalue weighted by Crippen LogP contribution is 2.30. The Morgan fingerprint density at radius 2 is 2.10 bits per heavy atom. The van der Waals surface area contributed by atoms with Gasteiger partial charge in [0, 0.05) is 23.6 Å². The summed E-state index contributed by atoms with van der Waals surface area (Å²) in [6, 6.07) is 8.35. The standard InChI is InChI=1S/C16H15N3S.ClH/c1-2-5-13-12(4-1)11(10-18-13)7-8-15-19-14-6-3-9-17-16(14)20-15;/h1-2,4-5,7-8,10,17-18H,3,6,9H2;1H/b8-7+;. The van der Waals surface area contributed by atoms with Crippen LogP contribution in [0.25, 0.3) is 23.1 Å². The third-order valence-corrected chi connectivity index (χ3v) is 4.64. The number of thiazole rings is 1. The van der Waals surface area contributed by atoms with E-state index in [1.165, 1.54) is 33.6 Å². The Kier molecular flexibility index (Phi) is 3.99. The van der Waals surface area contributed by atoms with Gasteiger partial charge >= 0.3 is 0 Å². The van der Waals surface area contributed by atoms with Gasteiger partial charge in [-0.25, -0.2) is 4.98 Å². The molecule has 2 N–H and O–H groups in total. The van der Waals surface area contributed by atoms with Crippen LogP contribution in [-0.4, -0.2) is 16.5 Å². The topological polar surface area (TPSA) is 40.7 Å². The van der Waals surface area contributed by atoms with Gasteiger partial charge in [-0.2, -0.15) is 0 Å². The monoisotopic (exact) mass is 317 g/mol. The third kappa shape index (κ3) is 2.69. The first kappa shape index (κ1) is 14.2. The Morgan fingerprint density at radius 3 is 3.00 bits per heavy atom. The number of para-hydroxylation sites is 1. The molecule has 2 aromatic heterocycles. The van der Waals surface area contributed by atoms with Crippen LogP contribution in [0.5, 0.6) is 0 Å². The summed E-state index contributed by atoms with van der Waals surface area (Å²) in [5, 5.41) is 7.00. The maximum absolute atomic E-state index is 4.69. The molecule has 0 unspecified atom stereocenters. The van der Waals surface area contributed by atoms with E-state index in [1.54, 1.807) is 11.3 Å². The molecule has 3 aromatic rings. The lowest BCUT2D eigenvalue weighted by molar-refractivity contribution is 0.813. The number of fused-ring (bicyclic) bond motifs is 2. The van der Waals surface area contributed by atoms with Crippen LogP contribution in [0.15, 0.2) is 30.5 Å². The van der Waals surface area contributed by atoms with Crippen molar-refractivity contribution >= 4 is 51.8 Å². The lowest BCUT2D eigenvalue weighted by Crippen LogP contribution is -2.09. The van der Waals surface area contributed by atoms with Crippen molar-refractivity contribution in [3.05, 3.63) is 46.7 Å². The first-order valence-corrected chi connectivity index (χ1v) is 7.69. The summed E-state index contributed by atoms with van der Waals surface area (Å²) in [7, 11) is 0. The molecular weight excluding hydrogens is 302 g/mol. The third-order valence-electron chi connectivity index (χ3n) is 3.62. The summed E-state index contributed by atoms with van der Waals surface area (Å²) >= 11 is 1.74. The largest absolute Gasteiger partial charge is 0.375 e. The summed E-state index contributed by atoms with van der Waals surface area (Å²) in [5.74, 6) is 0. The molecule has 3 heterocycles. The molecular formula is C16H16ClN3S. The number of benzene rings is 1. The zero-order valence-corrected chi connectivity index (χ0v) is 13.1. The zero-order chi connectivity index (χ0) is 13.4. The molecule has 0 saturated heterocycles. The number of hydrogen-bond acceptors (Lipinski definition) is 3. The van der Waals surface area contributed by atoms with Gasteiger partial charge in [0.2, 0.25) is 0 Å². The summed E-state index contributed by atoms with van der Waals surface area (Å²) < 4.78 is 0. The van der Waals surface area contributed by atoms with Gasteiger partial charge in [0.15, 0.2) is 0 Å². The molecule has 1 aliphatic rings. The van der Waals surface area contributed by atoms with Crippen molar-refractivity contribution < 1.29 is 0 Å². The fourth-order valence-corrected chi connectivity index (χ4v) is 3.54. The molecule has 108 valence electrons. The lowest BCUT2D eigenvalue weighted by Gasteiger charge is -2.10. The molecule has 0 spiro atoms. The molecule has 0 amide bonds. The Morgan fingerprint density at radius 1 is 1.19 bits per heavy atom. The second-order valence-corrected chi connectivity index (χ2v) is 6.01. The van der Waals surface area contributed by atoms with Crippen molar-refractivity contribution in [3.8, 4) is 0 Å². The number of aromatic amines is 1. The molecule has 3 nitrogen and oxygen atoms in total. The number of rotatable bonds is 2. The normalized spacial score (nSPS) is 13.9. The van der Waals surface area contributed by atoms with Crippen molar-refractivity contribution in [2.24, 2.45) is 0 Å². The number of aromatic nitrogens is 2. The highest BCUT2D eigenvalue weighted by Gasteiger charge is 2.13. The molecule has 0 bridgehead atoms. The Hall–Kier alpha value is -1.78. The van der Waals surface area contributed by atoms with Crippen molar-refractivity contribution in [2.45, 2.75) is 12.8 Å². The van der Waals surface area contributed by atoms with E-state index >= 15 is 0 Å². The molecule has 0 aliphatic carbocycles. The molecule has 21 heavy (non-hydrogen) atoms. The van der Waals surface area contributed by atoms with Crippen molar-refractivity contribution in [1.29, 1.82) is 0 Å². The average Bonchev–Trinajstić information content (AvgIpc) is 3.08. The molecule has 0 atom stereocenters. The predicted octanol–water partition coefficient (Wildman–Crippen LogP) is 4.57. The second kappa shape index (κ2) is 5.92. The summed E-state index contributed by atoms with van der Waals surface area (Å²) in [5.41, 5.74) is 3.61. The van der Waals surface area contributed by atoms with E-state index in [-0.39, 0.29) is 12.4 Å². The summed E-state index contributed by atoms with van der Waals surface area (Å²) in [4.78, 5) is 7.98. The van der Waals surface area contributed by atoms with E-state index in [0.29, 0.717) is 0 Å². The number of anilines is 1. The van der Waals surface area contributed by atoms with Crippen LogP contribution in [0.1, 0.15) is 22.7 Å². The number of halogens is 1. The molecule has 4 rings (SSSR count). The van der Waals surface area contributed by atoms with Crippen LogP contribution in [0.4, 0.5) is 5.00 Å². The van der Waals surface area contributed by atoms with Gasteiger partial charge in [0.1, 0.15) is 10.0 Å². The molecule has 1 aromatic carbocycles. The number of nitrogens with one attached hydrogen (secondary N) is 2. The van der Waals surface area contributed by atoms with Crippen molar-refractivity contribution in [3.63, 3.8) is 0 Å². The van der Waals surface area contributed by atoms with E-state index in [2.05, 4.69) is 45.6 Å². The number of H-pyrrole nitrogens is 1. The highest BCUT2D eigenvalue weighted by molar-refractivity contribution is 7.16. The van der Waals surface area contributed by atoms with Crippen molar-refractivity contribution in [1.82, 2.24) is 9.97 Å². The smallest absolute Gasteiger partial charge is 0.118 e. The quantitative estimate of drug-likeness (QED) is 0.726. The van der Waals surface area contributed by atoms with Crippen LogP contribution < -0.4 is 5.32 Å². The zero-order valence-electron chi connectivity index (χ0n) is 11.4. The first-order chi connectivity index (χ1) is 9.90. The SMILES string of the molecule is C(=C\c1c[nH]c2ccccc12)/c1nc2c(s1)NCCC2.Cl. The van der Waals surface area contributed by atoms with Gasteiger partial charge in [-0.15, -0.1) is 12.4 Å². The van der Waals surface area contributed by atoms with Crippen molar-refractivity contribution in [2.75, 3.05) is 11.9 Å². The van der Waals surface area contributed by atoms with Crippen LogP contribution in [0, 0.1) is 0 Å². The van der Waals surface area contributed by atoms with Crippen LogP contribution in [0.3, 0.4) is 0 Å². The minimum absolute atomic E-state index is 0.